The van der Waals surface area contributed by atoms with E-state index in [1.165, 1.54) is 0 Å². The summed E-state index contributed by atoms with van der Waals surface area (Å²) >= 11 is 5.94. The summed E-state index contributed by atoms with van der Waals surface area (Å²) in [6.07, 6.45) is -2.19. The molecule has 0 amide bonds. The average Bonchev–Trinajstić information content (AvgIpc) is 2.85. The van der Waals surface area contributed by atoms with Gasteiger partial charge in [0.25, 0.3) is 0 Å². The number of ether oxygens (including phenoxy) is 1. The smallest absolute Gasteiger partial charge is 0.161 e. The lowest BCUT2D eigenvalue weighted by Gasteiger charge is -2.34. The van der Waals surface area contributed by atoms with Crippen molar-refractivity contribution < 1.29 is 13.7 Å². The molecule has 0 N–H and O–H groups in total. The van der Waals surface area contributed by atoms with Gasteiger partial charge in [-0.2, -0.15) is 0 Å². The van der Waals surface area contributed by atoms with Gasteiger partial charge in [0.1, 0.15) is 12.0 Å². The van der Waals surface area contributed by atoms with E-state index >= 15 is 0 Å². The van der Waals surface area contributed by atoms with E-state index in [-0.39, 0.29) is 5.16 Å². The van der Waals surface area contributed by atoms with Gasteiger partial charge in [-0.1, -0.05) is 32.6 Å². The molecule has 21 heavy (non-hydrogen) atoms. The molecule has 0 unspecified atom stereocenters. The van der Waals surface area contributed by atoms with Crippen molar-refractivity contribution in [2.45, 2.75) is 32.9 Å². The van der Waals surface area contributed by atoms with E-state index in [1.54, 1.807) is 0 Å². The van der Waals surface area contributed by atoms with Crippen LogP contribution in [0.15, 0.2) is 16.5 Å². The summed E-state index contributed by atoms with van der Waals surface area (Å²) in [4.78, 5) is 2.36. The number of rotatable bonds is 5. The molecule has 0 aliphatic carbocycles. The highest BCUT2D eigenvalue weighted by Crippen LogP contribution is 2.58. The Morgan fingerprint density at radius 3 is 2.48 bits per heavy atom. The molecule has 1 fully saturated rings. The lowest BCUT2D eigenvalue weighted by Crippen LogP contribution is -2.38. The zero-order chi connectivity index (χ0) is 15.5. The lowest BCUT2D eigenvalue weighted by molar-refractivity contribution is 0.0328. The van der Waals surface area contributed by atoms with Crippen LogP contribution < -0.4 is 5.50 Å². The summed E-state index contributed by atoms with van der Waals surface area (Å²) < 4.78 is 17.4. The zero-order valence-corrected chi connectivity index (χ0v) is 15.1. The van der Waals surface area contributed by atoms with Crippen LogP contribution in [-0.4, -0.2) is 49.5 Å². The second kappa shape index (κ2) is 6.93. The number of hydrogen-bond acceptors (Lipinski definition) is 5. The van der Waals surface area contributed by atoms with Crippen molar-refractivity contribution in [3.63, 3.8) is 0 Å². The Kier molecular flexibility index (Phi) is 5.66. The number of nitrogens with zero attached hydrogens (tertiary/aromatic N) is 1. The topological polar surface area (TPSA) is 34.8 Å². The van der Waals surface area contributed by atoms with E-state index in [9.17, 15) is 0 Å². The summed E-state index contributed by atoms with van der Waals surface area (Å²) in [5.74, 6) is 0.889. The lowest BCUT2D eigenvalue weighted by atomic mass is 10.3. The van der Waals surface area contributed by atoms with Gasteiger partial charge in [-0.25, -0.2) is 0 Å². The second-order valence-electron chi connectivity index (χ2n) is 6.39. The van der Waals surface area contributed by atoms with Gasteiger partial charge in [0.05, 0.1) is 19.8 Å². The van der Waals surface area contributed by atoms with Crippen LogP contribution in [0.2, 0.25) is 0 Å². The van der Waals surface area contributed by atoms with Crippen LogP contribution in [0.25, 0.3) is 0 Å². The molecule has 1 saturated heterocycles. The van der Waals surface area contributed by atoms with Gasteiger partial charge in [-0.3, -0.25) is 4.90 Å². The maximum Gasteiger partial charge on any atom is 0.161 e. The molecular formula is C15H26NO3PS. The summed E-state index contributed by atoms with van der Waals surface area (Å²) in [6.45, 7) is 13.5. The fourth-order valence-corrected chi connectivity index (χ4v) is 4.86. The highest BCUT2D eigenvalue weighted by Gasteiger charge is 2.37. The van der Waals surface area contributed by atoms with Crippen LogP contribution >= 0.6 is 6.26 Å². The molecular weight excluding hydrogens is 305 g/mol. The van der Waals surface area contributed by atoms with Gasteiger partial charge in [0, 0.05) is 24.8 Å². The van der Waals surface area contributed by atoms with Crippen molar-refractivity contribution in [2.75, 3.05) is 39.5 Å². The fraction of sp³-hybridized carbons (Fsp3) is 0.733. The van der Waals surface area contributed by atoms with Crippen molar-refractivity contribution in [1.82, 2.24) is 4.90 Å². The zero-order valence-electron chi connectivity index (χ0n) is 13.4. The molecule has 1 aliphatic rings. The normalized spacial score (nSPS) is 20.4. The molecule has 0 aromatic carbocycles. The standard InChI is InChI=1S/C15H26NO3PS/c1-13-5-6-14(19-13)20(21,15(2,3)4)18-12-9-16-7-10-17-11-8-16/h5-6H,7-12H2,1-4H3/t20-/m1/s1. The molecule has 6 heteroatoms. The van der Waals surface area contributed by atoms with Gasteiger partial charge in [0.2, 0.25) is 0 Å². The quantitative estimate of drug-likeness (QED) is 0.775. The highest BCUT2D eigenvalue weighted by molar-refractivity contribution is 8.16. The Morgan fingerprint density at radius 2 is 1.95 bits per heavy atom. The predicted octanol–water partition coefficient (Wildman–Crippen LogP) is 2.76. The van der Waals surface area contributed by atoms with E-state index in [4.69, 9.17) is 25.5 Å². The number of morpholine rings is 1. The van der Waals surface area contributed by atoms with Crippen LogP contribution in [0.3, 0.4) is 0 Å². The third-order valence-electron chi connectivity index (χ3n) is 3.68. The van der Waals surface area contributed by atoms with Crippen LogP contribution in [0.4, 0.5) is 0 Å². The molecule has 2 rings (SSSR count). The monoisotopic (exact) mass is 331 g/mol. The molecule has 1 aliphatic heterocycles. The van der Waals surface area contributed by atoms with Gasteiger partial charge < -0.3 is 13.7 Å². The maximum atomic E-state index is 6.25. The first-order valence-corrected chi connectivity index (χ1v) is 10.2. The molecule has 0 saturated carbocycles. The van der Waals surface area contributed by atoms with Gasteiger partial charge in [-0.15, -0.1) is 0 Å². The Morgan fingerprint density at radius 1 is 1.29 bits per heavy atom. The Bertz CT molecular complexity index is 503. The predicted molar refractivity (Wildman–Crippen MR) is 90.3 cm³/mol. The molecule has 2 heterocycles. The number of aryl methyl sites for hydroxylation is 1. The van der Waals surface area contributed by atoms with Gasteiger partial charge in [-0.05, 0) is 19.1 Å². The highest BCUT2D eigenvalue weighted by atomic mass is 32.4. The van der Waals surface area contributed by atoms with Crippen molar-refractivity contribution in [1.29, 1.82) is 0 Å². The van der Waals surface area contributed by atoms with E-state index in [2.05, 4.69) is 25.7 Å². The first-order chi connectivity index (χ1) is 9.83. The Balaban J connectivity index is 2.02. The summed E-state index contributed by atoms with van der Waals surface area (Å²) in [5, 5.41) is -0.113. The van der Waals surface area contributed by atoms with Crippen molar-refractivity contribution in [3.8, 4) is 0 Å². The fourth-order valence-electron chi connectivity index (χ4n) is 2.29. The molecule has 0 bridgehead atoms. The summed E-state index contributed by atoms with van der Waals surface area (Å²) in [6, 6.07) is 3.95. The Labute approximate surface area is 132 Å². The van der Waals surface area contributed by atoms with Gasteiger partial charge >= 0.3 is 0 Å². The third-order valence-corrected chi connectivity index (χ3v) is 9.32. The van der Waals surface area contributed by atoms with Crippen LogP contribution in [0.1, 0.15) is 26.5 Å². The summed E-state index contributed by atoms with van der Waals surface area (Å²) in [7, 11) is 0. The third kappa shape index (κ3) is 4.17. The molecule has 0 radical (unpaired) electrons. The maximum absolute atomic E-state index is 6.25. The van der Waals surface area contributed by atoms with Crippen LogP contribution in [-0.2, 0) is 21.1 Å². The molecule has 120 valence electrons. The van der Waals surface area contributed by atoms with Crippen LogP contribution in [0.5, 0.6) is 0 Å². The molecule has 4 nitrogen and oxygen atoms in total. The number of furan rings is 1. The average molecular weight is 331 g/mol. The largest absolute Gasteiger partial charge is 0.459 e. The molecule has 0 spiro atoms. The molecule has 1 atom stereocenters. The Hall–Kier alpha value is -0.190. The van der Waals surface area contributed by atoms with E-state index < -0.39 is 6.26 Å². The van der Waals surface area contributed by atoms with Crippen molar-refractivity contribution >= 4 is 23.6 Å². The molecule has 1 aromatic rings. The van der Waals surface area contributed by atoms with Crippen molar-refractivity contribution in [2.24, 2.45) is 0 Å². The number of hydrogen-bond donors (Lipinski definition) is 0. The van der Waals surface area contributed by atoms with E-state index in [0.717, 1.165) is 44.1 Å². The first kappa shape index (κ1) is 17.2. The van der Waals surface area contributed by atoms with Gasteiger partial charge in [0.15, 0.2) is 5.50 Å². The first-order valence-electron chi connectivity index (χ1n) is 7.45. The van der Waals surface area contributed by atoms with Crippen LogP contribution in [0, 0.1) is 6.92 Å². The molecule has 1 aromatic heterocycles. The minimum atomic E-state index is -2.19. The summed E-state index contributed by atoms with van der Waals surface area (Å²) in [5.41, 5.74) is 0.837. The minimum absolute atomic E-state index is 0.113. The minimum Gasteiger partial charge on any atom is -0.459 e. The van der Waals surface area contributed by atoms with E-state index in [1.807, 2.05) is 19.1 Å². The van der Waals surface area contributed by atoms with E-state index in [0.29, 0.717) is 6.61 Å². The second-order valence-corrected chi connectivity index (χ2v) is 11.1. The van der Waals surface area contributed by atoms with Crippen molar-refractivity contribution in [3.05, 3.63) is 17.9 Å². The SMILES string of the molecule is Cc1ccc([P@](=S)(OCCN2CCOCC2)C(C)(C)C)o1.